The van der Waals surface area contributed by atoms with E-state index in [1.165, 1.54) is 6.42 Å². The molecule has 1 aromatic heterocycles. The molecule has 1 aromatic rings. The third-order valence-electron chi connectivity index (χ3n) is 2.67. The average Bonchev–Trinajstić information content (AvgIpc) is 2.35. The minimum Gasteiger partial charge on any atom is -0.377 e. The predicted octanol–water partition coefficient (Wildman–Crippen LogP) is 2.90. The number of ether oxygens (including phenoxy) is 1. The second kappa shape index (κ2) is 8.69. The number of aromatic nitrogens is 2. The van der Waals surface area contributed by atoms with Crippen LogP contribution >= 0.6 is 0 Å². The van der Waals surface area contributed by atoms with Gasteiger partial charge in [-0.1, -0.05) is 13.8 Å². The van der Waals surface area contributed by atoms with E-state index >= 15 is 0 Å². The summed E-state index contributed by atoms with van der Waals surface area (Å²) in [7, 11) is 1.65. The van der Waals surface area contributed by atoms with Gasteiger partial charge in [-0.05, 0) is 25.7 Å². The Labute approximate surface area is 116 Å². The molecule has 0 aromatic carbocycles. The number of methoxy groups -OCH3 is 1. The molecule has 108 valence electrons. The molecule has 0 bridgehead atoms. The fourth-order valence-corrected chi connectivity index (χ4v) is 1.78. The standard InChI is InChI=1S/C14H26N4O/c1-5-15-12-9-13(16-8-6-7-11(2)3)18-14(17-12)10-19-4/h9,11H,5-8,10H2,1-4H3,(H2,15,16,17,18). The van der Waals surface area contributed by atoms with Crippen LogP contribution in [0.25, 0.3) is 0 Å². The van der Waals surface area contributed by atoms with Crippen LogP contribution in [-0.4, -0.2) is 30.2 Å². The molecule has 5 nitrogen and oxygen atoms in total. The van der Waals surface area contributed by atoms with Crippen molar-refractivity contribution in [2.75, 3.05) is 30.8 Å². The number of hydrogen-bond donors (Lipinski definition) is 2. The maximum Gasteiger partial charge on any atom is 0.158 e. The van der Waals surface area contributed by atoms with Gasteiger partial charge in [0.25, 0.3) is 0 Å². The Balaban J connectivity index is 2.59. The molecular formula is C14H26N4O. The second-order valence-electron chi connectivity index (χ2n) is 4.98. The van der Waals surface area contributed by atoms with Crippen molar-refractivity contribution in [3.05, 3.63) is 11.9 Å². The normalized spacial score (nSPS) is 10.8. The van der Waals surface area contributed by atoms with Gasteiger partial charge in [0.1, 0.15) is 18.2 Å². The molecule has 0 aliphatic rings. The van der Waals surface area contributed by atoms with Crippen LogP contribution < -0.4 is 10.6 Å². The van der Waals surface area contributed by atoms with Crippen molar-refractivity contribution < 1.29 is 4.74 Å². The van der Waals surface area contributed by atoms with Crippen molar-refractivity contribution in [2.24, 2.45) is 5.92 Å². The number of hydrogen-bond acceptors (Lipinski definition) is 5. The van der Waals surface area contributed by atoms with Crippen molar-refractivity contribution in [3.8, 4) is 0 Å². The van der Waals surface area contributed by atoms with Gasteiger partial charge in [-0.2, -0.15) is 0 Å². The van der Waals surface area contributed by atoms with E-state index in [1.807, 2.05) is 13.0 Å². The van der Waals surface area contributed by atoms with Crippen molar-refractivity contribution in [1.29, 1.82) is 0 Å². The molecule has 0 saturated carbocycles. The van der Waals surface area contributed by atoms with E-state index in [1.54, 1.807) is 7.11 Å². The Morgan fingerprint density at radius 3 is 2.47 bits per heavy atom. The zero-order chi connectivity index (χ0) is 14.1. The summed E-state index contributed by atoms with van der Waals surface area (Å²) in [6.07, 6.45) is 2.38. The minimum absolute atomic E-state index is 0.430. The van der Waals surface area contributed by atoms with Crippen LogP contribution in [0.2, 0.25) is 0 Å². The molecule has 0 aliphatic carbocycles. The van der Waals surface area contributed by atoms with Gasteiger partial charge in [0, 0.05) is 26.3 Å². The van der Waals surface area contributed by atoms with E-state index in [0.29, 0.717) is 12.4 Å². The smallest absolute Gasteiger partial charge is 0.158 e. The number of anilines is 2. The zero-order valence-electron chi connectivity index (χ0n) is 12.5. The lowest BCUT2D eigenvalue weighted by Crippen LogP contribution is -2.10. The highest BCUT2D eigenvalue weighted by Crippen LogP contribution is 2.12. The van der Waals surface area contributed by atoms with Gasteiger partial charge >= 0.3 is 0 Å². The van der Waals surface area contributed by atoms with Crippen LogP contribution in [0, 0.1) is 5.92 Å². The summed E-state index contributed by atoms with van der Waals surface area (Å²) in [6.45, 7) is 8.74. The molecular weight excluding hydrogens is 240 g/mol. The van der Waals surface area contributed by atoms with Gasteiger partial charge in [0.2, 0.25) is 0 Å². The van der Waals surface area contributed by atoms with Gasteiger partial charge < -0.3 is 15.4 Å². The molecule has 0 spiro atoms. The second-order valence-corrected chi connectivity index (χ2v) is 4.98. The lowest BCUT2D eigenvalue weighted by atomic mass is 10.1. The number of rotatable bonds is 9. The van der Waals surface area contributed by atoms with Gasteiger partial charge in [-0.3, -0.25) is 0 Å². The highest BCUT2D eigenvalue weighted by molar-refractivity contribution is 5.47. The molecule has 1 heterocycles. The molecule has 0 aliphatic heterocycles. The molecule has 5 heteroatoms. The van der Waals surface area contributed by atoms with E-state index in [9.17, 15) is 0 Å². The monoisotopic (exact) mass is 266 g/mol. The van der Waals surface area contributed by atoms with Crippen molar-refractivity contribution >= 4 is 11.6 Å². The summed E-state index contributed by atoms with van der Waals surface area (Å²) in [5.41, 5.74) is 0. The molecule has 1 rings (SSSR count). The molecule has 0 fully saturated rings. The highest BCUT2D eigenvalue weighted by atomic mass is 16.5. The molecule has 0 saturated heterocycles. The summed E-state index contributed by atoms with van der Waals surface area (Å²) >= 11 is 0. The third-order valence-corrected chi connectivity index (χ3v) is 2.67. The summed E-state index contributed by atoms with van der Waals surface area (Å²) in [6, 6.07) is 1.94. The summed E-state index contributed by atoms with van der Waals surface area (Å²) in [4.78, 5) is 8.82. The first-order valence-electron chi connectivity index (χ1n) is 7.00. The maximum absolute atomic E-state index is 5.09. The molecule has 0 radical (unpaired) electrons. The Hall–Kier alpha value is -1.36. The van der Waals surface area contributed by atoms with E-state index in [0.717, 1.165) is 37.1 Å². The van der Waals surface area contributed by atoms with E-state index in [2.05, 4.69) is 34.4 Å². The lowest BCUT2D eigenvalue weighted by molar-refractivity contribution is 0.178. The fourth-order valence-electron chi connectivity index (χ4n) is 1.78. The maximum atomic E-state index is 5.09. The van der Waals surface area contributed by atoms with Crippen molar-refractivity contribution in [3.63, 3.8) is 0 Å². The van der Waals surface area contributed by atoms with E-state index < -0.39 is 0 Å². The van der Waals surface area contributed by atoms with Gasteiger partial charge in [-0.25, -0.2) is 9.97 Å². The van der Waals surface area contributed by atoms with Crippen LogP contribution in [0.4, 0.5) is 11.6 Å². The Morgan fingerprint density at radius 1 is 1.21 bits per heavy atom. The molecule has 0 amide bonds. The van der Waals surface area contributed by atoms with Crippen LogP contribution in [0.3, 0.4) is 0 Å². The molecule has 2 N–H and O–H groups in total. The van der Waals surface area contributed by atoms with Gasteiger partial charge in [-0.15, -0.1) is 0 Å². The van der Waals surface area contributed by atoms with Crippen LogP contribution in [0.15, 0.2) is 6.07 Å². The fraction of sp³-hybridized carbons (Fsp3) is 0.714. The lowest BCUT2D eigenvalue weighted by Gasteiger charge is -2.11. The summed E-state index contributed by atoms with van der Waals surface area (Å²) < 4.78 is 5.09. The number of nitrogens with one attached hydrogen (secondary N) is 2. The summed E-state index contributed by atoms with van der Waals surface area (Å²) in [5.74, 6) is 3.15. The van der Waals surface area contributed by atoms with Crippen molar-refractivity contribution in [2.45, 2.75) is 40.2 Å². The van der Waals surface area contributed by atoms with Crippen LogP contribution in [0.1, 0.15) is 39.4 Å². The molecule has 19 heavy (non-hydrogen) atoms. The molecule has 0 atom stereocenters. The number of nitrogens with zero attached hydrogens (tertiary/aromatic N) is 2. The SMILES string of the molecule is CCNc1cc(NCCCC(C)C)nc(COC)n1. The first kappa shape index (κ1) is 15.7. The molecule has 0 unspecified atom stereocenters. The largest absolute Gasteiger partial charge is 0.377 e. The Kier molecular flexibility index (Phi) is 7.18. The Morgan fingerprint density at radius 2 is 1.89 bits per heavy atom. The van der Waals surface area contributed by atoms with Crippen LogP contribution in [-0.2, 0) is 11.3 Å². The average molecular weight is 266 g/mol. The zero-order valence-corrected chi connectivity index (χ0v) is 12.5. The van der Waals surface area contributed by atoms with E-state index in [-0.39, 0.29) is 0 Å². The van der Waals surface area contributed by atoms with Crippen molar-refractivity contribution in [1.82, 2.24) is 9.97 Å². The van der Waals surface area contributed by atoms with E-state index in [4.69, 9.17) is 4.74 Å². The Bertz CT molecular complexity index is 344. The highest BCUT2D eigenvalue weighted by Gasteiger charge is 2.04. The summed E-state index contributed by atoms with van der Waals surface area (Å²) in [5, 5.41) is 6.56. The minimum atomic E-state index is 0.430. The van der Waals surface area contributed by atoms with Gasteiger partial charge in [0.15, 0.2) is 5.82 Å². The quantitative estimate of drug-likeness (QED) is 0.673. The topological polar surface area (TPSA) is 59.1 Å². The first-order chi connectivity index (χ1) is 9.15. The van der Waals surface area contributed by atoms with Crippen LogP contribution in [0.5, 0.6) is 0 Å². The van der Waals surface area contributed by atoms with Gasteiger partial charge in [0.05, 0.1) is 0 Å². The third kappa shape index (κ3) is 6.38. The first-order valence-corrected chi connectivity index (χ1v) is 7.00. The predicted molar refractivity (Wildman–Crippen MR) is 79.5 cm³/mol.